The number of hydrogen-bond donors (Lipinski definition) is 1. The van der Waals surface area contributed by atoms with Gasteiger partial charge in [-0.15, -0.1) is 10.2 Å². The molecule has 0 atom stereocenters. The van der Waals surface area contributed by atoms with Crippen LogP contribution < -0.4 is 4.72 Å². The topological polar surface area (TPSA) is 76.4 Å². The van der Waals surface area contributed by atoms with E-state index in [2.05, 4.69) is 14.9 Å². The zero-order chi connectivity index (χ0) is 17.4. The van der Waals surface area contributed by atoms with Crippen molar-refractivity contribution in [3.8, 4) is 0 Å². The van der Waals surface area contributed by atoms with Gasteiger partial charge in [0.05, 0.1) is 17.0 Å². The van der Waals surface area contributed by atoms with E-state index in [9.17, 15) is 21.6 Å². The second-order valence-corrected chi connectivity index (χ2v) is 6.66. The predicted molar refractivity (Wildman–Crippen MR) is 78.5 cm³/mol. The summed E-state index contributed by atoms with van der Waals surface area (Å²) in [6.07, 6.45) is -2.84. The van der Waals surface area contributed by atoms with E-state index in [1.165, 1.54) is 0 Å². The maximum Gasteiger partial charge on any atom is 0.416 e. The lowest BCUT2D eigenvalue weighted by atomic mass is 10.2. The molecule has 0 aliphatic rings. The van der Waals surface area contributed by atoms with Crippen LogP contribution in [0.4, 0.5) is 13.2 Å². The average molecular weight is 356 g/mol. The number of hydrogen-bond acceptors (Lipinski definition) is 4. The van der Waals surface area contributed by atoms with E-state index in [0.29, 0.717) is 11.5 Å². The van der Waals surface area contributed by atoms with E-state index in [1.54, 1.807) is 28.8 Å². The van der Waals surface area contributed by atoms with E-state index in [1.807, 2.05) is 0 Å². The van der Waals surface area contributed by atoms with Gasteiger partial charge in [0, 0.05) is 6.20 Å². The van der Waals surface area contributed by atoms with Gasteiger partial charge in [-0.2, -0.15) is 13.2 Å². The Morgan fingerprint density at radius 2 is 1.75 bits per heavy atom. The molecule has 0 fully saturated rings. The van der Waals surface area contributed by atoms with Crippen molar-refractivity contribution in [1.82, 2.24) is 19.3 Å². The highest BCUT2D eigenvalue weighted by Crippen LogP contribution is 2.29. The van der Waals surface area contributed by atoms with Crippen LogP contribution in [-0.4, -0.2) is 23.0 Å². The summed E-state index contributed by atoms with van der Waals surface area (Å²) in [5.41, 5.74) is -0.355. The first-order valence-corrected chi connectivity index (χ1v) is 8.21. The highest BCUT2D eigenvalue weighted by Gasteiger charge is 2.30. The molecule has 0 radical (unpaired) electrons. The van der Waals surface area contributed by atoms with Gasteiger partial charge in [0.25, 0.3) is 0 Å². The van der Waals surface area contributed by atoms with Crippen LogP contribution in [0.1, 0.15) is 11.4 Å². The Bertz CT molecular complexity index is 966. The third-order valence-electron chi connectivity index (χ3n) is 3.30. The molecule has 0 spiro atoms. The number of alkyl halides is 3. The third-order valence-corrected chi connectivity index (χ3v) is 4.71. The van der Waals surface area contributed by atoms with Gasteiger partial charge < -0.3 is 0 Å². The molecule has 1 aromatic carbocycles. The Labute approximate surface area is 135 Å². The molecule has 0 amide bonds. The predicted octanol–water partition coefficient (Wildman–Crippen LogP) is 2.23. The third kappa shape index (κ3) is 3.24. The van der Waals surface area contributed by atoms with Gasteiger partial charge in [-0.25, -0.2) is 13.1 Å². The maximum absolute atomic E-state index is 12.5. The Morgan fingerprint density at radius 1 is 1.04 bits per heavy atom. The second kappa shape index (κ2) is 5.87. The first-order valence-electron chi connectivity index (χ1n) is 6.73. The number of rotatable bonds is 4. The second-order valence-electron chi connectivity index (χ2n) is 4.89. The van der Waals surface area contributed by atoms with Crippen molar-refractivity contribution in [1.29, 1.82) is 0 Å². The summed E-state index contributed by atoms with van der Waals surface area (Å²) in [6, 6.07) is 8.48. The largest absolute Gasteiger partial charge is 0.416 e. The van der Waals surface area contributed by atoms with Crippen LogP contribution in [0.2, 0.25) is 0 Å². The van der Waals surface area contributed by atoms with Crippen molar-refractivity contribution in [3.63, 3.8) is 0 Å². The Kier molecular flexibility index (Phi) is 4.01. The van der Waals surface area contributed by atoms with Crippen molar-refractivity contribution in [2.45, 2.75) is 17.6 Å². The smallest absolute Gasteiger partial charge is 0.285 e. The van der Waals surface area contributed by atoms with Gasteiger partial charge >= 0.3 is 6.18 Å². The van der Waals surface area contributed by atoms with E-state index < -0.39 is 21.8 Å². The van der Waals surface area contributed by atoms with Gasteiger partial charge in [-0.3, -0.25) is 4.40 Å². The lowest BCUT2D eigenvalue weighted by Gasteiger charge is -2.09. The summed E-state index contributed by atoms with van der Waals surface area (Å²) in [4.78, 5) is -0.260. The summed E-state index contributed by atoms with van der Waals surface area (Å²) in [5.74, 6) is 0.362. The van der Waals surface area contributed by atoms with Crippen molar-refractivity contribution < 1.29 is 21.6 Å². The summed E-state index contributed by atoms with van der Waals surface area (Å²) < 4.78 is 65.8. The molecule has 6 nitrogen and oxygen atoms in total. The number of aromatic nitrogens is 3. The van der Waals surface area contributed by atoms with Crippen LogP contribution in [0.15, 0.2) is 53.6 Å². The van der Waals surface area contributed by atoms with Crippen molar-refractivity contribution in [2.75, 3.05) is 0 Å². The van der Waals surface area contributed by atoms with Gasteiger partial charge in [0.1, 0.15) is 0 Å². The van der Waals surface area contributed by atoms with Crippen molar-refractivity contribution in [2.24, 2.45) is 0 Å². The summed E-state index contributed by atoms with van der Waals surface area (Å²) in [7, 11) is -3.97. The van der Waals surface area contributed by atoms with E-state index in [4.69, 9.17) is 0 Å². The highest BCUT2D eigenvalue weighted by atomic mass is 32.2. The number of fused-ring (bicyclic) bond motifs is 1. The molecule has 0 aliphatic carbocycles. The van der Waals surface area contributed by atoms with Crippen LogP contribution in [0.25, 0.3) is 5.65 Å². The highest BCUT2D eigenvalue weighted by molar-refractivity contribution is 7.89. The monoisotopic (exact) mass is 356 g/mol. The Balaban J connectivity index is 1.79. The summed E-state index contributed by atoms with van der Waals surface area (Å²) in [5, 5.41) is 7.76. The number of pyridine rings is 1. The molecule has 0 saturated heterocycles. The molecule has 3 aromatic rings. The van der Waals surface area contributed by atoms with Gasteiger partial charge in [0.15, 0.2) is 11.5 Å². The fourth-order valence-electron chi connectivity index (χ4n) is 2.08. The molecule has 0 saturated carbocycles. The van der Waals surface area contributed by atoms with Gasteiger partial charge in [0.2, 0.25) is 10.0 Å². The lowest BCUT2D eigenvalue weighted by Crippen LogP contribution is -2.24. The molecular formula is C14H11F3N4O2S. The minimum atomic E-state index is -4.52. The van der Waals surface area contributed by atoms with Gasteiger partial charge in [-0.05, 0) is 36.4 Å². The van der Waals surface area contributed by atoms with Crippen LogP contribution in [0.3, 0.4) is 0 Å². The molecule has 1 N–H and O–H groups in total. The van der Waals surface area contributed by atoms with Gasteiger partial charge in [-0.1, -0.05) is 6.07 Å². The number of nitrogens with zero attached hydrogens (tertiary/aromatic N) is 3. The van der Waals surface area contributed by atoms with Crippen LogP contribution >= 0.6 is 0 Å². The lowest BCUT2D eigenvalue weighted by molar-refractivity contribution is -0.137. The molecule has 0 aliphatic heterocycles. The first kappa shape index (κ1) is 16.4. The molecule has 10 heteroatoms. The molecule has 0 bridgehead atoms. The zero-order valence-corrected chi connectivity index (χ0v) is 12.8. The fourth-order valence-corrected chi connectivity index (χ4v) is 3.06. The number of sulfonamides is 1. The number of halogens is 3. The van der Waals surface area contributed by atoms with Crippen LogP contribution in [0.5, 0.6) is 0 Å². The summed E-state index contributed by atoms with van der Waals surface area (Å²) in [6.45, 7) is -0.144. The normalized spacial score (nSPS) is 12.6. The van der Waals surface area contributed by atoms with Crippen LogP contribution in [-0.2, 0) is 22.7 Å². The molecule has 0 unspecified atom stereocenters. The molecule has 2 heterocycles. The van der Waals surface area contributed by atoms with E-state index in [0.717, 1.165) is 24.3 Å². The Morgan fingerprint density at radius 3 is 2.42 bits per heavy atom. The molecule has 126 valence electrons. The van der Waals surface area contributed by atoms with Crippen molar-refractivity contribution >= 4 is 15.7 Å². The molecule has 24 heavy (non-hydrogen) atoms. The SMILES string of the molecule is O=S(=O)(NCc1nnc2ccccn12)c1ccc(C(F)(F)F)cc1. The van der Waals surface area contributed by atoms with E-state index in [-0.39, 0.29) is 11.4 Å². The fraction of sp³-hybridized carbons (Fsp3) is 0.143. The van der Waals surface area contributed by atoms with Crippen LogP contribution in [0, 0.1) is 0 Å². The Hall–Kier alpha value is -2.46. The molecule has 2 aromatic heterocycles. The minimum Gasteiger partial charge on any atom is -0.285 e. The molecule has 3 rings (SSSR count). The number of nitrogens with one attached hydrogen (secondary N) is 1. The minimum absolute atomic E-state index is 0.144. The number of benzene rings is 1. The zero-order valence-electron chi connectivity index (χ0n) is 12.0. The quantitative estimate of drug-likeness (QED) is 0.778. The van der Waals surface area contributed by atoms with E-state index >= 15 is 0 Å². The first-order chi connectivity index (χ1) is 11.3. The molecular weight excluding hydrogens is 345 g/mol. The summed E-state index contributed by atoms with van der Waals surface area (Å²) >= 11 is 0. The maximum atomic E-state index is 12.5. The standard InChI is InChI=1S/C14H11F3N4O2S/c15-14(16,17)10-4-6-11(7-5-10)24(22,23)18-9-13-20-19-12-3-1-2-8-21(12)13/h1-8,18H,9H2. The van der Waals surface area contributed by atoms with Crippen molar-refractivity contribution in [3.05, 3.63) is 60.0 Å². The average Bonchev–Trinajstić information content (AvgIpc) is 2.96.